The normalized spacial score (nSPS) is 10.6. The Morgan fingerprint density at radius 2 is 2.20 bits per heavy atom. The Bertz CT molecular complexity index is 615. The second-order valence-electron chi connectivity index (χ2n) is 4.49. The molecule has 0 unspecified atom stereocenters. The third-order valence-corrected chi connectivity index (χ3v) is 3.17. The van der Waals surface area contributed by atoms with E-state index < -0.39 is 0 Å². The van der Waals surface area contributed by atoms with Gasteiger partial charge >= 0.3 is 6.01 Å². The highest BCUT2D eigenvalue weighted by Crippen LogP contribution is 2.14. The summed E-state index contributed by atoms with van der Waals surface area (Å²) in [6, 6.07) is 0.194. The summed E-state index contributed by atoms with van der Waals surface area (Å²) in [7, 11) is 3.36. The third kappa shape index (κ3) is 2.95. The highest BCUT2D eigenvalue weighted by atomic mass is 16.5. The van der Waals surface area contributed by atoms with Gasteiger partial charge in [-0.15, -0.1) is 5.10 Å². The predicted molar refractivity (Wildman–Crippen MR) is 72.6 cm³/mol. The zero-order valence-electron chi connectivity index (χ0n) is 12.0. The van der Waals surface area contributed by atoms with Crippen LogP contribution in [0.2, 0.25) is 0 Å². The van der Waals surface area contributed by atoms with E-state index >= 15 is 0 Å². The lowest BCUT2D eigenvalue weighted by Gasteiger charge is -2.02. The average molecular weight is 278 g/mol. The molecule has 8 heteroatoms. The number of aromatic amines is 1. The summed E-state index contributed by atoms with van der Waals surface area (Å²) in [5, 5.41) is 13.3. The minimum Gasteiger partial charge on any atom is -0.466 e. The summed E-state index contributed by atoms with van der Waals surface area (Å²) in [6.45, 7) is 3.94. The molecule has 2 aromatic heterocycles. The molecule has 0 aromatic carbocycles. The zero-order valence-corrected chi connectivity index (χ0v) is 12.0. The molecule has 0 spiro atoms. The van der Waals surface area contributed by atoms with E-state index in [2.05, 4.69) is 25.6 Å². The predicted octanol–water partition coefficient (Wildman–Crippen LogP) is 0.735. The number of carbonyl (C=O) groups is 1. The Hall–Kier alpha value is -2.38. The van der Waals surface area contributed by atoms with Crippen LogP contribution in [0.3, 0.4) is 0 Å². The van der Waals surface area contributed by atoms with E-state index in [4.69, 9.17) is 4.74 Å². The molecule has 0 aliphatic carbocycles. The van der Waals surface area contributed by atoms with E-state index in [0.717, 1.165) is 17.0 Å². The van der Waals surface area contributed by atoms with Crippen LogP contribution in [0.1, 0.15) is 23.4 Å². The molecule has 108 valence electrons. The highest BCUT2D eigenvalue weighted by Gasteiger charge is 2.12. The molecule has 8 nitrogen and oxygen atoms in total. The minimum atomic E-state index is -0.133. The molecule has 2 heterocycles. The summed E-state index contributed by atoms with van der Waals surface area (Å²) in [4.78, 5) is 15.8. The van der Waals surface area contributed by atoms with E-state index in [1.54, 1.807) is 0 Å². The van der Waals surface area contributed by atoms with Gasteiger partial charge in [0.2, 0.25) is 11.9 Å². The van der Waals surface area contributed by atoms with Crippen LogP contribution in [-0.2, 0) is 18.3 Å². The van der Waals surface area contributed by atoms with Crippen LogP contribution in [0.15, 0.2) is 0 Å². The molecule has 0 bridgehead atoms. The number of aromatic nitrogens is 5. The fourth-order valence-corrected chi connectivity index (χ4v) is 2.01. The van der Waals surface area contributed by atoms with Crippen molar-refractivity contribution in [1.82, 2.24) is 25.0 Å². The Morgan fingerprint density at radius 3 is 2.75 bits per heavy atom. The van der Waals surface area contributed by atoms with Crippen molar-refractivity contribution in [2.45, 2.75) is 26.7 Å². The van der Waals surface area contributed by atoms with Crippen LogP contribution in [0.25, 0.3) is 0 Å². The minimum absolute atomic E-state index is 0.133. The number of methoxy groups -OCH3 is 1. The molecule has 0 aliphatic heterocycles. The summed E-state index contributed by atoms with van der Waals surface area (Å²) in [6.07, 6.45) is 0.999. The van der Waals surface area contributed by atoms with Crippen LogP contribution in [0.4, 0.5) is 5.95 Å². The zero-order chi connectivity index (χ0) is 14.7. The van der Waals surface area contributed by atoms with Crippen molar-refractivity contribution in [3.8, 4) is 6.01 Å². The molecule has 0 saturated carbocycles. The van der Waals surface area contributed by atoms with Crippen LogP contribution >= 0.6 is 0 Å². The summed E-state index contributed by atoms with van der Waals surface area (Å²) in [5.74, 6) is 0.151. The molecule has 0 radical (unpaired) electrons. The van der Waals surface area contributed by atoms with Gasteiger partial charge in [-0.25, -0.2) is 5.10 Å². The Balaban J connectivity index is 1.92. The van der Waals surface area contributed by atoms with Crippen molar-refractivity contribution in [2.75, 3.05) is 12.4 Å². The molecular formula is C12H18N6O2. The lowest BCUT2D eigenvalue weighted by Crippen LogP contribution is -2.13. The van der Waals surface area contributed by atoms with Gasteiger partial charge in [0.05, 0.1) is 12.8 Å². The molecular weight excluding hydrogens is 260 g/mol. The summed E-state index contributed by atoms with van der Waals surface area (Å²) >= 11 is 0. The second kappa shape index (κ2) is 5.72. The van der Waals surface area contributed by atoms with Crippen molar-refractivity contribution < 1.29 is 9.53 Å². The lowest BCUT2D eigenvalue weighted by atomic mass is 10.1. The maximum atomic E-state index is 11.8. The first-order valence-corrected chi connectivity index (χ1v) is 6.26. The number of amides is 1. The molecule has 20 heavy (non-hydrogen) atoms. The summed E-state index contributed by atoms with van der Waals surface area (Å²) < 4.78 is 6.65. The maximum absolute atomic E-state index is 11.8. The Morgan fingerprint density at radius 1 is 1.45 bits per heavy atom. The fraction of sp³-hybridized carbons (Fsp3) is 0.500. The number of nitrogens with zero attached hydrogens (tertiary/aromatic N) is 4. The highest BCUT2D eigenvalue weighted by molar-refractivity contribution is 5.89. The van der Waals surface area contributed by atoms with Gasteiger partial charge in [0.25, 0.3) is 0 Å². The van der Waals surface area contributed by atoms with Crippen molar-refractivity contribution in [1.29, 1.82) is 0 Å². The van der Waals surface area contributed by atoms with Gasteiger partial charge in [-0.1, -0.05) is 0 Å². The molecule has 0 aliphatic rings. The number of carbonyl (C=O) groups excluding carboxylic acids is 1. The van der Waals surface area contributed by atoms with Gasteiger partial charge < -0.3 is 4.74 Å². The molecule has 2 N–H and O–H groups in total. The third-order valence-electron chi connectivity index (χ3n) is 3.17. The Kier molecular flexibility index (Phi) is 4.02. The quantitative estimate of drug-likeness (QED) is 0.840. The number of anilines is 1. The first-order chi connectivity index (χ1) is 9.51. The fourth-order valence-electron chi connectivity index (χ4n) is 2.01. The van der Waals surface area contributed by atoms with Crippen LogP contribution in [0.5, 0.6) is 6.01 Å². The van der Waals surface area contributed by atoms with E-state index in [1.165, 1.54) is 7.11 Å². The van der Waals surface area contributed by atoms with Crippen LogP contribution in [-0.4, -0.2) is 38.0 Å². The van der Waals surface area contributed by atoms with Gasteiger partial charge in [-0.3, -0.25) is 14.8 Å². The van der Waals surface area contributed by atoms with Gasteiger partial charge in [0.15, 0.2) is 0 Å². The smallest absolute Gasteiger partial charge is 0.336 e. The van der Waals surface area contributed by atoms with E-state index in [0.29, 0.717) is 12.8 Å². The number of ether oxygens (including phenoxy) is 1. The number of hydrogen-bond acceptors (Lipinski definition) is 5. The largest absolute Gasteiger partial charge is 0.466 e. The first-order valence-electron chi connectivity index (χ1n) is 6.26. The SMILES string of the molecule is COc1n[nH]c(NC(=O)CCc2c(C)nn(C)c2C)n1. The Labute approximate surface area is 116 Å². The number of aryl methyl sites for hydroxylation is 2. The number of rotatable bonds is 5. The second-order valence-corrected chi connectivity index (χ2v) is 4.49. The van der Waals surface area contributed by atoms with Gasteiger partial charge in [0.1, 0.15) is 0 Å². The van der Waals surface area contributed by atoms with E-state index in [-0.39, 0.29) is 17.9 Å². The summed E-state index contributed by atoms with van der Waals surface area (Å²) in [5.41, 5.74) is 3.15. The molecule has 2 aromatic rings. The first kappa shape index (κ1) is 14.0. The molecule has 0 saturated heterocycles. The van der Waals surface area contributed by atoms with Crippen molar-refractivity contribution in [3.05, 3.63) is 17.0 Å². The number of H-pyrrole nitrogens is 1. The number of hydrogen-bond donors (Lipinski definition) is 2. The van der Waals surface area contributed by atoms with Gasteiger partial charge in [-0.05, 0) is 25.8 Å². The van der Waals surface area contributed by atoms with Crippen molar-refractivity contribution >= 4 is 11.9 Å². The molecule has 1 amide bonds. The maximum Gasteiger partial charge on any atom is 0.336 e. The monoisotopic (exact) mass is 278 g/mol. The molecule has 0 atom stereocenters. The molecule has 0 fully saturated rings. The van der Waals surface area contributed by atoms with Crippen LogP contribution in [0, 0.1) is 13.8 Å². The topological polar surface area (TPSA) is 97.7 Å². The van der Waals surface area contributed by atoms with E-state index in [1.807, 2.05) is 25.6 Å². The van der Waals surface area contributed by atoms with Crippen molar-refractivity contribution in [3.63, 3.8) is 0 Å². The van der Waals surface area contributed by atoms with Crippen LogP contribution < -0.4 is 10.1 Å². The van der Waals surface area contributed by atoms with Gasteiger partial charge in [-0.2, -0.15) is 10.1 Å². The van der Waals surface area contributed by atoms with Crippen molar-refractivity contribution in [2.24, 2.45) is 7.05 Å². The lowest BCUT2D eigenvalue weighted by molar-refractivity contribution is -0.116. The van der Waals surface area contributed by atoms with Gasteiger partial charge in [0, 0.05) is 19.2 Å². The number of nitrogens with one attached hydrogen (secondary N) is 2. The van der Waals surface area contributed by atoms with E-state index in [9.17, 15) is 4.79 Å². The standard InChI is InChI=1S/C12H18N6O2/c1-7-9(8(2)18(3)17-7)5-6-10(19)13-11-14-12(20-4)16-15-11/h5-6H2,1-4H3,(H2,13,14,15,16,19). The average Bonchev–Trinajstić information content (AvgIpc) is 2.94. The molecule has 2 rings (SSSR count).